The lowest BCUT2D eigenvalue weighted by molar-refractivity contribution is 0.0800. The molecule has 2 heterocycles. The zero-order valence-electron chi connectivity index (χ0n) is 12.2. The maximum atomic E-state index is 9.49. The second kappa shape index (κ2) is 6.87. The quantitative estimate of drug-likeness (QED) is 0.858. The molecule has 1 saturated heterocycles. The van der Waals surface area contributed by atoms with E-state index in [-0.39, 0.29) is 6.10 Å². The molecule has 1 aromatic heterocycles. The predicted octanol–water partition coefficient (Wildman–Crippen LogP) is 2.46. The van der Waals surface area contributed by atoms with Crippen molar-refractivity contribution in [2.45, 2.75) is 25.4 Å². The van der Waals surface area contributed by atoms with E-state index in [0.717, 1.165) is 55.5 Å². The molecule has 1 N–H and O–H groups in total. The first-order valence-corrected chi connectivity index (χ1v) is 7.70. The average molecular weight is 286 g/mol. The van der Waals surface area contributed by atoms with Gasteiger partial charge < -0.3 is 14.7 Å². The third kappa shape index (κ3) is 3.71. The van der Waals surface area contributed by atoms with E-state index in [1.807, 2.05) is 30.3 Å². The lowest BCUT2D eigenvalue weighted by Gasteiger charge is -2.29. The Balaban J connectivity index is 1.48. The second-order valence-corrected chi connectivity index (χ2v) is 5.61. The lowest BCUT2D eigenvalue weighted by atomic mass is 10.1. The molecular formula is C17H22N2O2. The van der Waals surface area contributed by atoms with Crippen LogP contribution in [0.5, 0.6) is 5.75 Å². The molecule has 21 heavy (non-hydrogen) atoms. The summed E-state index contributed by atoms with van der Waals surface area (Å²) in [4.78, 5) is 6.80. The molecule has 0 amide bonds. The number of hydrogen-bond acceptors (Lipinski definition) is 4. The van der Waals surface area contributed by atoms with E-state index in [1.165, 1.54) is 0 Å². The summed E-state index contributed by atoms with van der Waals surface area (Å²) in [6, 6.07) is 10.0. The Bertz CT molecular complexity index is 575. The number of nitrogens with zero attached hydrogens (tertiary/aromatic N) is 2. The molecule has 4 nitrogen and oxygen atoms in total. The van der Waals surface area contributed by atoms with Crippen molar-refractivity contribution in [3.05, 3.63) is 36.5 Å². The number of likely N-dealkylation sites (tertiary alicyclic amines) is 1. The Kier molecular flexibility index (Phi) is 4.68. The van der Waals surface area contributed by atoms with Crippen molar-refractivity contribution in [1.29, 1.82) is 0 Å². The molecule has 0 aliphatic carbocycles. The van der Waals surface area contributed by atoms with Gasteiger partial charge in [0, 0.05) is 31.2 Å². The van der Waals surface area contributed by atoms with Gasteiger partial charge in [0.15, 0.2) is 0 Å². The monoisotopic (exact) mass is 286 g/mol. The van der Waals surface area contributed by atoms with Crippen LogP contribution in [0.2, 0.25) is 0 Å². The molecule has 0 bridgehead atoms. The number of fused-ring (bicyclic) bond motifs is 1. The molecule has 0 atom stereocenters. The fourth-order valence-electron chi connectivity index (χ4n) is 2.81. The van der Waals surface area contributed by atoms with Crippen LogP contribution in [-0.4, -0.2) is 47.3 Å². The Hall–Kier alpha value is -1.65. The molecule has 0 unspecified atom stereocenters. The van der Waals surface area contributed by atoms with E-state index in [4.69, 9.17) is 4.74 Å². The molecule has 0 saturated carbocycles. The minimum absolute atomic E-state index is 0.0979. The van der Waals surface area contributed by atoms with Crippen LogP contribution in [0.4, 0.5) is 0 Å². The Morgan fingerprint density at radius 2 is 2.00 bits per heavy atom. The zero-order chi connectivity index (χ0) is 14.5. The summed E-state index contributed by atoms with van der Waals surface area (Å²) in [5.74, 6) is 0.863. The largest absolute Gasteiger partial charge is 0.491 e. The van der Waals surface area contributed by atoms with Gasteiger partial charge in [-0.25, -0.2) is 0 Å². The molecule has 4 heteroatoms. The Morgan fingerprint density at radius 3 is 2.86 bits per heavy atom. The summed E-state index contributed by atoms with van der Waals surface area (Å²) in [5, 5.41) is 10.6. The number of aliphatic hydroxyl groups is 1. The summed E-state index contributed by atoms with van der Waals surface area (Å²) >= 11 is 0. The van der Waals surface area contributed by atoms with Crippen LogP contribution in [-0.2, 0) is 0 Å². The molecule has 1 aromatic carbocycles. The van der Waals surface area contributed by atoms with Crippen molar-refractivity contribution in [1.82, 2.24) is 9.88 Å². The van der Waals surface area contributed by atoms with Gasteiger partial charge in [0.05, 0.1) is 12.7 Å². The van der Waals surface area contributed by atoms with Gasteiger partial charge in [0.1, 0.15) is 11.3 Å². The number of benzene rings is 1. The van der Waals surface area contributed by atoms with Crippen LogP contribution >= 0.6 is 0 Å². The summed E-state index contributed by atoms with van der Waals surface area (Å²) < 4.78 is 5.89. The topological polar surface area (TPSA) is 45.6 Å². The maximum Gasteiger partial charge on any atom is 0.145 e. The van der Waals surface area contributed by atoms with Crippen LogP contribution in [0.3, 0.4) is 0 Å². The predicted molar refractivity (Wildman–Crippen MR) is 83.5 cm³/mol. The highest BCUT2D eigenvalue weighted by molar-refractivity contribution is 5.84. The first-order chi connectivity index (χ1) is 10.3. The number of aromatic nitrogens is 1. The first-order valence-electron chi connectivity index (χ1n) is 7.70. The lowest BCUT2D eigenvalue weighted by Crippen LogP contribution is -2.36. The highest BCUT2D eigenvalue weighted by Crippen LogP contribution is 2.23. The second-order valence-electron chi connectivity index (χ2n) is 5.61. The molecule has 1 fully saturated rings. The van der Waals surface area contributed by atoms with Crippen molar-refractivity contribution in [3.63, 3.8) is 0 Å². The molecule has 1 aliphatic rings. The Morgan fingerprint density at radius 1 is 1.19 bits per heavy atom. The summed E-state index contributed by atoms with van der Waals surface area (Å²) in [5.41, 5.74) is 0.932. The van der Waals surface area contributed by atoms with Gasteiger partial charge in [-0.1, -0.05) is 18.2 Å². The summed E-state index contributed by atoms with van der Waals surface area (Å²) in [6.45, 7) is 3.73. The van der Waals surface area contributed by atoms with Gasteiger partial charge >= 0.3 is 0 Å². The summed E-state index contributed by atoms with van der Waals surface area (Å²) in [7, 11) is 0. The third-order valence-electron chi connectivity index (χ3n) is 4.03. The number of para-hydroxylation sites is 1. The fraction of sp³-hybridized carbons (Fsp3) is 0.471. The van der Waals surface area contributed by atoms with Gasteiger partial charge in [-0.15, -0.1) is 0 Å². The van der Waals surface area contributed by atoms with Crippen molar-refractivity contribution in [3.8, 4) is 5.75 Å². The van der Waals surface area contributed by atoms with Crippen molar-refractivity contribution >= 4 is 10.9 Å². The number of aliphatic hydroxyl groups excluding tert-OH is 1. The number of ether oxygens (including phenoxy) is 1. The fourth-order valence-corrected chi connectivity index (χ4v) is 2.81. The standard InChI is InChI=1S/C17H22N2O2/c20-15-7-11-19(12-8-15)10-3-13-21-16-6-1-4-14-5-2-9-18-17(14)16/h1-2,4-6,9,15,20H,3,7-8,10-13H2. The van der Waals surface area contributed by atoms with E-state index in [2.05, 4.69) is 9.88 Å². The van der Waals surface area contributed by atoms with E-state index in [9.17, 15) is 5.11 Å². The number of piperidine rings is 1. The summed E-state index contributed by atoms with van der Waals surface area (Å²) in [6.07, 6.45) is 4.50. The van der Waals surface area contributed by atoms with E-state index in [1.54, 1.807) is 6.20 Å². The van der Waals surface area contributed by atoms with Crippen molar-refractivity contribution < 1.29 is 9.84 Å². The molecule has 0 radical (unpaired) electrons. The average Bonchev–Trinajstić information content (AvgIpc) is 2.53. The van der Waals surface area contributed by atoms with Crippen LogP contribution in [0, 0.1) is 0 Å². The zero-order valence-corrected chi connectivity index (χ0v) is 12.2. The number of pyridine rings is 1. The highest BCUT2D eigenvalue weighted by Gasteiger charge is 2.16. The SMILES string of the molecule is OC1CCN(CCCOc2cccc3cccnc23)CC1. The van der Waals surface area contributed by atoms with E-state index < -0.39 is 0 Å². The van der Waals surface area contributed by atoms with Crippen molar-refractivity contribution in [2.75, 3.05) is 26.2 Å². The van der Waals surface area contributed by atoms with Gasteiger partial charge in [-0.05, 0) is 31.4 Å². The van der Waals surface area contributed by atoms with Crippen molar-refractivity contribution in [2.24, 2.45) is 0 Å². The normalized spacial score (nSPS) is 17.2. The molecule has 2 aromatic rings. The number of rotatable bonds is 5. The highest BCUT2D eigenvalue weighted by atomic mass is 16.5. The molecule has 1 aliphatic heterocycles. The van der Waals surface area contributed by atoms with Gasteiger partial charge in [-0.3, -0.25) is 4.98 Å². The smallest absolute Gasteiger partial charge is 0.145 e. The number of hydrogen-bond donors (Lipinski definition) is 1. The van der Waals surface area contributed by atoms with Crippen LogP contribution in [0.25, 0.3) is 10.9 Å². The van der Waals surface area contributed by atoms with Gasteiger partial charge in [-0.2, -0.15) is 0 Å². The molecule has 112 valence electrons. The minimum atomic E-state index is -0.0979. The van der Waals surface area contributed by atoms with Gasteiger partial charge in [0.25, 0.3) is 0 Å². The van der Waals surface area contributed by atoms with Crippen LogP contribution in [0.15, 0.2) is 36.5 Å². The van der Waals surface area contributed by atoms with Crippen LogP contribution in [0.1, 0.15) is 19.3 Å². The molecule has 0 spiro atoms. The Labute approximate surface area is 125 Å². The molecular weight excluding hydrogens is 264 g/mol. The minimum Gasteiger partial charge on any atom is -0.491 e. The van der Waals surface area contributed by atoms with Gasteiger partial charge in [0.2, 0.25) is 0 Å². The van der Waals surface area contributed by atoms with Crippen LogP contribution < -0.4 is 4.74 Å². The third-order valence-corrected chi connectivity index (χ3v) is 4.03. The maximum absolute atomic E-state index is 9.49. The van der Waals surface area contributed by atoms with E-state index in [0.29, 0.717) is 6.61 Å². The first kappa shape index (κ1) is 14.3. The van der Waals surface area contributed by atoms with E-state index >= 15 is 0 Å². The molecule has 3 rings (SSSR count).